The lowest BCUT2D eigenvalue weighted by molar-refractivity contribution is -0.0146. The zero-order valence-corrected chi connectivity index (χ0v) is 9.67. The van der Waals surface area contributed by atoms with Gasteiger partial charge in [0.25, 0.3) is 0 Å². The van der Waals surface area contributed by atoms with Gasteiger partial charge in [0.15, 0.2) is 0 Å². The number of hydrogen-bond acceptors (Lipinski definition) is 2. The SMILES string of the molecule is CC(C)(C)c1ccc(C2(O)CNC2)cc1. The molecule has 1 aliphatic rings. The van der Waals surface area contributed by atoms with E-state index in [0.717, 1.165) is 5.56 Å². The molecule has 0 bridgehead atoms. The van der Waals surface area contributed by atoms with Crippen molar-refractivity contribution in [3.8, 4) is 0 Å². The Balaban J connectivity index is 2.24. The first kappa shape index (κ1) is 10.7. The van der Waals surface area contributed by atoms with E-state index in [2.05, 4.69) is 38.2 Å². The van der Waals surface area contributed by atoms with Crippen molar-refractivity contribution < 1.29 is 5.11 Å². The molecule has 2 rings (SSSR count). The zero-order valence-electron chi connectivity index (χ0n) is 9.67. The van der Waals surface area contributed by atoms with Gasteiger partial charge in [0.2, 0.25) is 0 Å². The van der Waals surface area contributed by atoms with Gasteiger partial charge in [0, 0.05) is 13.1 Å². The molecule has 2 heteroatoms. The first-order chi connectivity index (χ1) is 6.92. The minimum absolute atomic E-state index is 0.180. The molecule has 0 aromatic heterocycles. The van der Waals surface area contributed by atoms with Crippen LogP contribution >= 0.6 is 0 Å². The Labute approximate surface area is 91.3 Å². The lowest BCUT2D eigenvalue weighted by atomic mass is 9.83. The molecule has 82 valence electrons. The molecule has 0 saturated carbocycles. The van der Waals surface area contributed by atoms with Crippen molar-refractivity contribution in [1.29, 1.82) is 0 Å². The van der Waals surface area contributed by atoms with Crippen LogP contribution in [0.2, 0.25) is 0 Å². The highest BCUT2D eigenvalue weighted by Crippen LogP contribution is 2.28. The molecule has 1 heterocycles. The van der Waals surface area contributed by atoms with Gasteiger partial charge < -0.3 is 10.4 Å². The molecule has 1 aliphatic heterocycles. The maximum atomic E-state index is 10.1. The fraction of sp³-hybridized carbons (Fsp3) is 0.538. The van der Waals surface area contributed by atoms with Crippen molar-refractivity contribution >= 4 is 0 Å². The number of hydrogen-bond donors (Lipinski definition) is 2. The van der Waals surface area contributed by atoms with E-state index in [0.29, 0.717) is 13.1 Å². The lowest BCUT2D eigenvalue weighted by Gasteiger charge is -2.38. The Kier molecular flexibility index (Phi) is 2.36. The Morgan fingerprint density at radius 1 is 1.13 bits per heavy atom. The molecule has 2 N–H and O–H groups in total. The number of aliphatic hydroxyl groups is 1. The molecular formula is C13H19NO. The second-order valence-electron chi connectivity index (χ2n) is 5.46. The van der Waals surface area contributed by atoms with Gasteiger partial charge in [-0.05, 0) is 16.5 Å². The van der Waals surface area contributed by atoms with Crippen molar-refractivity contribution in [1.82, 2.24) is 5.32 Å². The quantitative estimate of drug-likeness (QED) is 0.732. The minimum atomic E-state index is -0.629. The highest BCUT2D eigenvalue weighted by molar-refractivity contribution is 5.32. The number of benzene rings is 1. The molecule has 15 heavy (non-hydrogen) atoms. The van der Waals surface area contributed by atoms with Gasteiger partial charge in [0.05, 0.1) is 0 Å². The van der Waals surface area contributed by atoms with Gasteiger partial charge in [-0.2, -0.15) is 0 Å². The molecule has 1 fully saturated rings. The predicted molar refractivity (Wildman–Crippen MR) is 61.9 cm³/mol. The van der Waals surface area contributed by atoms with Gasteiger partial charge in [-0.15, -0.1) is 0 Å². The molecule has 0 spiro atoms. The third-order valence-corrected chi connectivity index (χ3v) is 3.12. The summed E-state index contributed by atoms with van der Waals surface area (Å²) in [6, 6.07) is 8.32. The van der Waals surface area contributed by atoms with Crippen LogP contribution in [0.15, 0.2) is 24.3 Å². The van der Waals surface area contributed by atoms with Gasteiger partial charge >= 0.3 is 0 Å². The second kappa shape index (κ2) is 3.32. The van der Waals surface area contributed by atoms with Crippen molar-refractivity contribution in [2.24, 2.45) is 0 Å². The molecule has 0 aliphatic carbocycles. The van der Waals surface area contributed by atoms with Crippen LogP contribution in [0.25, 0.3) is 0 Å². The fourth-order valence-corrected chi connectivity index (χ4v) is 1.85. The monoisotopic (exact) mass is 205 g/mol. The predicted octanol–water partition coefficient (Wildman–Crippen LogP) is 1.77. The first-order valence-electron chi connectivity index (χ1n) is 5.46. The van der Waals surface area contributed by atoms with Crippen LogP contribution < -0.4 is 5.32 Å². The van der Waals surface area contributed by atoms with E-state index in [1.807, 2.05) is 12.1 Å². The van der Waals surface area contributed by atoms with Gasteiger partial charge in [-0.25, -0.2) is 0 Å². The topological polar surface area (TPSA) is 32.3 Å². The summed E-state index contributed by atoms with van der Waals surface area (Å²) in [5, 5.41) is 13.2. The normalized spacial score (nSPS) is 19.7. The van der Waals surface area contributed by atoms with Crippen molar-refractivity contribution in [3.63, 3.8) is 0 Å². The van der Waals surface area contributed by atoms with Crippen LogP contribution in [0.3, 0.4) is 0 Å². The van der Waals surface area contributed by atoms with Crippen LogP contribution in [0.4, 0.5) is 0 Å². The average molecular weight is 205 g/mol. The second-order valence-corrected chi connectivity index (χ2v) is 5.46. The van der Waals surface area contributed by atoms with Gasteiger partial charge in [0.1, 0.15) is 5.60 Å². The van der Waals surface area contributed by atoms with E-state index >= 15 is 0 Å². The Hall–Kier alpha value is -0.860. The molecule has 0 radical (unpaired) electrons. The smallest absolute Gasteiger partial charge is 0.114 e. The number of rotatable bonds is 1. The minimum Gasteiger partial charge on any atom is -0.382 e. The molecule has 0 atom stereocenters. The Bertz CT molecular complexity index is 344. The summed E-state index contributed by atoms with van der Waals surface area (Å²) in [4.78, 5) is 0. The summed E-state index contributed by atoms with van der Waals surface area (Å²) in [6.07, 6.45) is 0. The van der Waals surface area contributed by atoms with Crippen LogP contribution in [-0.2, 0) is 11.0 Å². The molecule has 1 aromatic carbocycles. The van der Waals surface area contributed by atoms with Gasteiger partial charge in [-0.3, -0.25) is 0 Å². The highest BCUT2D eigenvalue weighted by atomic mass is 16.3. The van der Waals surface area contributed by atoms with E-state index in [-0.39, 0.29) is 5.41 Å². The Morgan fingerprint density at radius 3 is 2.00 bits per heavy atom. The van der Waals surface area contributed by atoms with E-state index in [1.54, 1.807) is 0 Å². The summed E-state index contributed by atoms with van der Waals surface area (Å²) in [7, 11) is 0. The van der Waals surface area contributed by atoms with Crippen molar-refractivity contribution in [3.05, 3.63) is 35.4 Å². The fourth-order valence-electron chi connectivity index (χ4n) is 1.85. The number of nitrogens with one attached hydrogen (secondary N) is 1. The third-order valence-electron chi connectivity index (χ3n) is 3.12. The van der Waals surface area contributed by atoms with Crippen LogP contribution in [0.5, 0.6) is 0 Å². The maximum Gasteiger partial charge on any atom is 0.114 e. The molecule has 2 nitrogen and oxygen atoms in total. The molecule has 1 aromatic rings. The standard InChI is InChI=1S/C13H19NO/c1-12(2,3)10-4-6-11(7-5-10)13(15)8-14-9-13/h4-7,14-15H,8-9H2,1-3H3. The molecule has 0 amide bonds. The van der Waals surface area contributed by atoms with E-state index in [1.165, 1.54) is 5.56 Å². The van der Waals surface area contributed by atoms with Crippen LogP contribution in [0, 0.1) is 0 Å². The van der Waals surface area contributed by atoms with E-state index in [9.17, 15) is 5.11 Å². The lowest BCUT2D eigenvalue weighted by Crippen LogP contribution is -2.56. The van der Waals surface area contributed by atoms with Crippen molar-refractivity contribution in [2.45, 2.75) is 31.8 Å². The molecule has 0 unspecified atom stereocenters. The summed E-state index contributed by atoms with van der Waals surface area (Å²) >= 11 is 0. The molecular weight excluding hydrogens is 186 g/mol. The number of β-amino-alcohol motifs (C(OH)–C–C–N with tert-alkyl or cyclic N) is 1. The first-order valence-corrected chi connectivity index (χ1v) is 5.46. The zero-order chi connectivity index (χ0) is 11.1. The van der Waals surface area contributed by atoms with E-state index in [4.69, 9.17) is 0 Å². The third kappa shape index (κ3) is 1.92. The maximum absolute atomic E-state index is 10.1. The highest BCUT2D eigenvalue weighted by Gasteiger charge is 2.36. The summed E-state index contributed by atoms with van der Waals surface area (Å²) < 4.78 is 0. The Morgan fingerprint density at radius 2 is 1.67 bits per heavy atom. The van der Waals surface area contributed by atoms with Gasteiger partial charge in [-0.1, -0.05) is 45.0 Å². The largest absolute Gasteiger partial charge is 0.382 e. The molecule has 1 saturated heterocycles. The van der Waals surface area contributed by atoms with Crippen LogP contribution in [0.1, 0.15) is 31.9 Å². The summed E-state index contributed by atoms with van der Waals surface area (Å²) in [6.45, 7) is 7.93. The van der Waals surface area contributed by atoms with Crippen LogP contribution in [-0.4, -0.2) is 18.2 Å². The van der Waals surface area contributed by atoms with E-state index < -0.39 is 5.60 Å². The summed E-state index contributed by atoms with van der Waals surface area (Å²) in [5.74, 6) is 0. The average Bonchev–Trinajstić information content (AvgIpc) is 2.13. The summed E-state index contributed by atoms with van der Waals surface area (Å²) in [5.41, 5.74) is 1.88. The van der Waals surface area contributed by atoms with Crippen molar-refractivity contribution in [2.75, 3.05) is 13.1 Å².